The normalized spacial score (nSPS) is 13.8. The van der Waals surface area contributed by atoms with Gasteiger partial charge in [0.05, 0.1) is 18.8 Å². The lowest BCUT2D eigenvalue weighted by Gasteiger charge is -2.05. The van der Waals surface area contributed by atoms with Gasteiger partial charge in [0, 0.05) is 17.8 Å². The summed E-state index contributed by atoms with van der Waals surface area (Å²) in [5.74, 6) is 0. The van der Waals surface area contributed by atoms with E-state index in [0.717, 1.165) is 5.56 Å². The van der Waals surface area contributed by atoms with Crippen molar-refractivity contribution in [2.45, 2.75) is 25.9 Å². The molecule has 0 aliphatic heterocycles. The molecule has 1 heterocycles. The van der Waals surface area contributed by atoms with Crippen LogP contribution >= 0.6 is 0 Å². The summed E-state index contributed by atoms with van der Waals surface area (Å²) in [4.78, 5) is 0. The molecule has 0 aliphatic carbocycles. The smallest absolute Gasteiger partial charge is 0.0625 e. The van der Waals surface area contributed by atoms with Gasteiger partial charge in [0.25, 0.3) is 0 Å². The molecule has 0 bridgehead atoms. The van der Waals surface area contributed by atoms with Crippen LogP contribution in [0.2, 0.25) is 0 Å². The van der Waals surface area contributed by atoms with Gasteiger partial charge in [-0.3, -0.25) is 4.68 Å². The Hall–Kier alpha value is -0.870. The van der Waals surface area contributed by atoms with E-state index in [1.54, 1.807) is 6.20 Å². The summed E-state index contributed by atoms with van der Waals surface area (Å²) in [7, 11) is 0. The molecular formula is C8H15N3O. The molecule has 12 heavy (non-hydrogen) atoms. The maximum absolute atomic E-state index is 8.77. The minimum atomic E-state index is -0.308. The first-order valence-corrected chi connectivity index (χ1v) is 4.05. The van der Waals surface area contributed by atoms with Crippen molar-refractivity contribution in [3.05, 3.63) is 18.0 Å². The Balaban J connectivity index is 2.77. The molecule has 0 fully saturated rings. The highest BCUT2D eigenvalue weighted by atomic mass is 16.3. The van der Waals surface area contributed by atoms with Crippen LogP contribution in [0.4, 0.5) is 0 Å². The van der Waals surface area contributed by atoms with E-state index in [-0.39, 0.29) is 12.6 Å². The minimum absolute atomic E-state index is 0.0379. The maximum Gasteiger partial charge on any atom is 0.0625 e. The molecule has 0 aromatic carbocycles. The monoisotopic (exact) mass is 169 g/mol. The maximum atomic E-state index is 8.77. The lowest BCUT2D eigenvalue weighted by Crippen LogP contribution is -2.13. The van der Waals surface area contributed by atoms with E-state index in [1.165, 1.54) is 0 Å². The van der Waals surface area contributed by atoms with Gasteiger partial charge in [-0.15, -0.1) is 0 Å². The van der Waals surface area contributed by atoms with E-state index in [4.69, 9.17) is 10.8 Å². The first-order chi connectivity index (χ1) is 5.65. The van der Waals surface area contributed by atoms with Crippen molar-refractivity contribution in [2.75, 3.05) is 6.61 Å². The first kappa shape index (κ1) is 9.22. The Labute approximate surface area is 72.0 Å². The molecule has 0 amide bonds. The van der Waals surface area contributed by atoms with Crippen molar-refractivity contribution in [3.63, 3.8) is 0 Å². The molecule has 4 nitrogen and oxygen atoms in total. The lowest BCUT2D eigenvalue weighted by molar-refractivity contribution is 0.268. The molecule has 0 unspecified atom stereocenters. The molecule has 1 aromatic rings. The SMILES string of the molecule is CC(C)n1cc([C@H](N)CO)cn1. The van der Waals surface area contributed by atoms with E-state index in [2.05, 4.69) is 5.10 Å². The zero-order valence-corrected chi connectivity index (χ0v) is 7.44. The van der Waals surface area contributed by atoms with E-state index in [9.17, 15) is 0 Å². The van der Waals surface area contributed by atoms with Gasteiger partial charge >= 0.3 is 0 Å². The number of nitrogens with zero attached hydrogens (tertiary/aromatic N) is 2. The van der Waals surface area contributed by atoms with Gasteiger partial charge in [0.2, 0.25) is 0 Å². The average Bonchev–Trinajstić information content (AvgIpc) is 2.51. The van der Waals surface area contributed by atoms with Gasteiger partial charge in [-0.2, -0.15) is 5.10 Å². The number of aliphatic hydroxyl groups excluding tert-OH is 1. The molecule has 1 atom stereocenters. The van der Waals surface area contributed by atoms with Crippen LogP contribution in [-0.2, 0) is 0 Å². The van der Waals surface area contributed by atoms with Crippen LogP contribution in [0, 0.1) is 0 Å². The largest absolute Gasteiger partial charge is 0.394 e. The van der Waals surface area contributed by atoms with Crippen molar-refractivity contribution in [3.8, 4) is 0 Å². The molecule has 0 aliphatic rings. The summed E-state index contributed by atoms with van der Waals surface area (Å²) in [5.41, 5.74) is 6.49. The zero-order valence-electron chi connectivity index (χ0n) is 7.44. The summed E-state index contributed by atoms with van der Waals surface area (Å²) >= 11 is 0. The van der Waals surface area contributed by atoms with E-state index in [1.807, 2.05) is 24.7 Å². The molecule has 3 N–H and O–H groups in total. The van der Waals surface area contributed by atoms with Crippen molar-refractivity contribution in [1.29, 1.82) is 0 Å². The number of aliphatic hydroxyl groups is 1. The lowest BCUT2D eigenvalue weighted by atomic mass is 10.2. The van der Waals surface area contributed by atoms with Crippen LogP contribution in [0.1, 0.15) is 31.5 Å². The van der Waals surface area contributed by atoms with Gasteiger partial charge in [-0.25, -0.2) is 0 Å². The van der Waals surface area contributed by atoms with Crippen molar-refractivity contribution in [1.82, 2.24) is 9.78 Å². The fourth-order valence-corrected chi connectivity index (χ4v) is 0.932. The molecule has 1 aromatic heterocycles. The van der Waals surface area contributed by atoms with E-state index in [0.29, 0.717) is 6.04 Å². The molecule has 0 radical (unpaired) electrons. The second-order valence-electron chi connectivity index (χ2n) is 3.14. The molecule has 0 saturated carbocycles. The van der Waals surface area contributed by atoms with Crippen LogP contribution in [0.3, 0.4) is 0 Å². The van der Waals surface area contributed by atoms with Crippen LogP contribution in [0.25, 0.3) is 0 Å². The van der Waals surface area contributed by atoms with Gasteiger partial charge < -0.3 is 10.8 Å². The highest BCUT2D eigenvalue weighted by Gasteiger charge is 2.07. The molecular weight excluding hydrogens is 154 g/mol. The first-order valence-electron chi connectivity index (χ1n) is 4.05. The molecule has 4 heteroatoms. The Morgan fingerprint density at radius 1 is 1.67 bits per heavy atom. The van der Waals surface area contributed by atoms with Crippen molar-refractivity contribution in [2.24, 2.45) is 5.73 Å². The second-order valence-corrected chi connectivity index (χ2v) is 3.14. The van der Waals surface area contributed by atoms with Gasteiger partial charge in [-0.1, -0.05) is 0 Å². The van der Waals surface area contributed by atoms with Crippen LogP contribution < -0.4 is 5.73 Å². The summed E-state index contributed by atoms with van der Waals surface area (Å²) < 4.78 is 1.82. The van der Waals surface area contributed by atoms with E-state index >= 15 is 0 Å². The predicted molar refractivity (Wildman–Crippen MR) is 46.6 cm³/mol. The van der Waals surface area contributed by atoms with Crippen molar-refractivity contribution >= 4 is 0 Å². The highest BCUT2D eigenvalue weighted by molar-refractivity contribution is 5.09. The Morgan fingerprint density at radius 2 is 2.33 bits per heavy atom. The van der Waals surface area contributed by atoms with Crippen LogP contribution in [0.15, 0.2) is 12.4 Å². The molecule has 1 rings (SSSR count). The summed E-state index contributed by atoms with van der Waals surface area (Å²) in [6.07, 6.45) is 3.56. The molecule has 0 spiro atoms. The molecule has 68 valence electrons. The average molecular weight is 169 g/mol. The topological polar surface area (TPSA) is 64.1 Å². The second kappa shape index (κ2) is 3.69. The van der Waals surface area contributed by atoms with Crippen LogP contribution in [-0.4, -0.2) is 21.5 Å². The number of nitrogens with two attached hydrogens (primary N) is 1. The number of hydrogen-bond acceptors (Lipinski definition) is 3. The van der Waals surface area contributed by atoms with Gasteiger partial charge in [0.15, 0.2) is 0 Å². The Morgan fingerprint density at radius 3 is 2.75 bits per heavy atom. The van der Waals surface area contributed by atoms with Crippen molar-refractivity contribution < 1.29 is 5.11 Å². The Bertz CT molecular complexity index is 244. The van der Waals surface area contributed by atoms with Gasteiger partial charge in [-0.05, 0) is 13.8 Å². The quantitative estimate of drug-likeness (QED) is 0.690. The third kappa shape index (κ3) is 1.84. The molecule has 0 saturated heterocycles. The highest BCUT2D eigenvalue weighted by Crippen LogP contribution is 2.10. The number of hydrogen-bond donors (Lipinski definition) is 2. The summed E-state index contributed by atoms with van der Waals surface area (Å²) in [6, 6.07) is 0.0298. The zero-order chi connectivity index (χ0) is 9.14. The van der Waals surface area contributed by atoms with Gasteiger partial charge in [0.1, 0.15) is 0 Å². The van der Waals surface area contributed by atoms with E-state index < -0.39 is 0 Å². The standard InChI is InChI=1S/C8H15N3O/c1-6(2)11-4-7(3-10-11)8(9)5-12/h3-4,6,8,12H,5,9H2,1-2H3/t8-/m1/s1. The van der Waals surface area contributed by atoms with Crippen LogP contribution in [0.5, 0.6) is 0 Å². The summed E-state index contributed by atoms with van der Waals surface area (Å²) in [5, 5.41) is 12.9. The summed E-state index contributed by atoms with van der Waals surface area (Å²) in [6.45, 7) is 4.05. The Kier molecular flexibility index (Phi) is 2.83. The fraction of sp³-hybridized carbons (Fsp3) is 0.625. The number of rotatable bonds is 3. The predicted octanol–water partition coefficient (Wildman–Crippen LogP) is 0.456. The number of aromatic nitrogens is 2. The third-order valence-electron chi connectivity index (χ3n) is 1.78. The third-order valence-corrected chi connectivity index (χ3v) is 1.78. The fourth-order valence-electron chi connectivity index (χ4n) is 0.932. The minimum Gasteiger partial charge on any atom is -0.394 e.